The molecule has 4 heteroatoms. The minimum Gasteiger partial charge on any atom is -0.309 e. The first-order valence-corrected chi connectivity index (χ1v) is 17.9. The van der Waals surface area contributed by atoms with Crippen LogP contribution in [0.4, 0.5) is 0 Å². The highest BCUT2D eigenvalue weighted by Crippen LogP contribution is 2.38. The summed E-state index contributed by atoms with van der Waals surface area (Å²) in [5, 5.41) is 5.99. The quantitative estimate of drug-likeness (QED) is 0.187. The van der Waals surface area contributed by atoms with Gasteiger partial charge in [-0.1, -0.05) is 130 Å². The van der Waals surface area contributed by atoms with Crippen molar-refractivity contribution < 1.29 is 0 Å². The maximum atomic E-state index is 5.24. The van der Waals surface area contributed by atoms with E-state index in [0.717, 1.165) is 27.6 Å². The third kappa shape index (κ3) is 4.75. The minimum absolute atomic E-state index is 0.137. The Morgan fingerprint density at radius 3 is 1.44 bits per heavy atom. The van der Waals surface area contributed by atoms with E-state index in [1.54, 1.807) is 0 Å². The van der Waals surface area contributed by atoms with Crippen molar-refractivity contribution in [2.24, 2.45) is 0 Å². The average Bonchev–Trinajstić information content (AvgIpc) is 3.70. The Morgan fingerprint density at radius 1 is 0.385 bits per heavy atom. The monoisotopic (exact) mass is 668 g/mol. The molecule has 0 radical (unpaired) electrons. The first-order chi connectivity index (χ1) is 25.4. The van der Waals surface area contributed by atoms with E-state index in [1.165, 1.54) is 60.5 Å². The van der Waals surface area contributed by atoms with E-state index >= 15 is 0 Å². The zero-order valence-electron chi connectivity index (χ0n) is 29.4. The van der Waals surface area contributed by atoms with E-state index in [1.807, 2.05) is 0 Å². The first-order valence-electron chi connectivity index (χ1n) is 17.9. The summed E-state index contributed by atoms with van der Waals surface area (Å²) in [4.78, 5) is 10.4. The number of rotatable bonds is 4. The summed E-state index contributed by atoms with van der Waals surface area (Å²) in [6, 6.07) is 58.8. The zero-order chi connectivity index (χ0) is 35.0. The van der Waals surface area contributed by atoms with Crippen molar-refractivity contribution in [1.29, 1.82) is 0 Å². The molecule has 10 rings (SSSR count). The lowest BCUT2D eigenvalue weighted by Gasteiger charge is -2.21. The number of para-hydroxylation sites is 4. The molecule has 0 saturated heterocycles. The van der Waals surface area contributed by atoms with E-state index in [9.17, 15) is 0 Å². The van der Waals surface area contributed by atoms with Crippen LogP contribution in [-0.4, -0.2) is 19.1 Å². The molecule has 7 aromatic carbocycles. The summed E-state index contributed by atoms with van der Waals surface area (Å²) >= 11 is 0. The molecule has 0 aliphatic heterocycles. The maximum absolute atomic E-state index is 5.24. The van der Waals surface area contributed by atoms with Gasteiger partial charge in [0.15, 0.2) is 0 Å². The maximum Gasteiger partial charge on any atom is 0.235 e. The molecule has 0 saturated carbocycles. The summed E-state index contributed by atoms with van der Waals surface area (Å²) in [5.74, 6) is 0.704. The molecule has 0 bridgehead atoms. The summed E-state index contributed by atoms with van der Waals surface area (Å²) in [7, 11) is 0. The Balaban J connectivity index is 1.06. The summed E-state index contributed by atoms with van der Waals surface area (Å²) in [6.45, 7) is 6.66. The number of nitrogens with zero attached hydrogens (tertiary/aromatic N) is 4. The van der Waals surface area contributed by atoms with Gasteiger partial charge in [-0.3, -0.25) is 4.57 Å². The third-order valence-electron chi connectivity index (χ3n) is 10.4. The van der Waals surface area contributed by atoms with Crippen LogP contribution in [0.5, 0.6) is 0 Å². The molecule has 0 aliphatic carbocycles. The highest BCUT2D eigenvalue weighted by Gasteiger charge is 2.23. The molecule has 0 unspecified atom stereocenters. The van der Waals surface area contributed by atoms with Gasteiger partial charge >= 0.3 is 0 Å². The van der Waals surface area contributed by atoms with Crippen molar-refractivity contribution in [3.05, 3.63) is 169 Å². The largest absolute Gasteiger partial charge is 0.309 e. The van der Waals surface area contributed by atoms with Gasteiger partial charge in [0, 0.05) is 38.0 Å². The summed E-state index contributed by atoms with van der Waals surface area (Å²) in [5.41, 5.74) is 12.4. The number of aromatic nitrogens is 4. The Labute approximate surface area is 302 Å². The van der Waals surface area contributed by atoms with Crippen LogP contribution >= 0.6 is 0 Å². The van der Waals surface area contributed by atoms with Crippen LogP contribution in [0.3, 0.4) is 0 Å². The van der Waals surface area contributed by atoms with Crippen molar-refractivity contribution in [2.75, 3.05) is 0 Å². The lowest BCUT2D eigenvalue weighted by Crippen LogP contribution is -2.17. The predicted octanol–water partition coefficient (Wildman–Crippen LogP) is 12.5. The average molecular weight is 669 g/mol. The van der Waals surface area contributed by atoms with Crippen LogP contribution in [0.15, 0.2) is 164 Å². The second kappa shape index (κ2) is 11.5. The lowest BCUT2D eigenvalue weighted by atomic mass is 9.89. The molecule has 52 heavy (non-hydrogen) atoms. The molecule has 0 atom stereocenters. The van der Waals surface area contributed by atoms with Gasteiger partial charge in [-0.15, -0.1) is 0 Å². The van der Waals surface area contributed by atoms with Gasteiger partial charge in [0.2, 0.25) is 5.95 Å². The van der Waals surface area contributed by atoms with Crippen LogP contribution in [0.1, 0.15) is 26.5 Å². The fourth-order valence-corrected chi connectivity index (χ4v) is 7.97. The van der Waals surface area contributed by atoms with Crippen molar-refractivity contribution in [1.82, 2.24) is 19.1 Å². The van der Waals surface area contributed by atoms with E-state index in [0.29, 0.717) is 5.95 Å². The lowest BCUT2D eigenvalue weighted by molar-refractivity contribution is 0.572. The topological polar surface area (TPSA) is 35.6 Å². The fraction of sp³-hybridized carbons (Fsp3) is 0.0833. The Bertz CT molecular complexity index is 2980. The molecule has 0 amide bonds. The van der Waals surface area contributed by atoms with Gasteiger partial charge in [-0.2, -0.15) is 0 Å². The number of hydrogen-bond acceptors (Lipinski definition) is 2. The number of fused-ring (bicyclic) bond motifs is 7. The molecule has 0 aliphatic rings. The van der Waals surface area contributed by atoms with E-state index in [4.69, 9.17) is 9.97 Å². The van der Waals surface area contributed by atoms with Crippen LogP contribution in [-0.2, 0) is 5.41 Å². The van der Waals surface area contributed by atoms with Crippen LogP contribution in [0.2, 0.25) is 0 Å². The molecular weight excluding hydrogens is 633 g/mol. The molecule has 3 heterocycles. The predicted molar refractivity (Wildman–Crippen MR) is 218 cm³/mol. The van der Waals surface area contributed by atoms with E-state index in [2.05, 4.69) is 194 Å². The Morgan fingerprint density at radius 2 is 0.846 bits per heavy atom. The molecule has 0 N–H and O–H groups in total. The molecule has 3 aromatic heterocycles. The smallest absolute Gasteiger partial charge is 0.235 e. The molecule has 0 spiro atoms. The van der Waals surface area contributed by atoms with Crippen molar-refractivity contribution >= 4 is 54.5 Å². The van der Waals surface area contributed by atoms with Gasteiger partial charge in [-0.25, -0.2) is 9.97 Å². The minimum atomic E-state index is -0.137. The fourth-order valence-electron chi connectivity index (χ4n) is 7.97. The van der Waals surface area contributed by atoms with E-state index < -0.39 is 0 Å². The van der Waals surface area contributed by atoms with Gasteiger partial charge in [0.25, 0.3) is 0 Å². The third-order valence-corrected chi connectivity index (χ3v) is 10.4. The molecule has 4 nitrogen and oxygen atoms in total. The van der Waals surface area contributed by atoms with Crippen LogP contribution in [0, 0.1) is 0 Å². The molecule has 10 aromatic rings. The highest BCUT2D eigenvalue weighted by atomic mass is 15.2. The number of benzene rings is 7. The number of hydrogen-bond donors (Lipinski definition) is 0. The van der Waals surface area contributed by atoms with Crippen molar-refractivity contribution in [3.8, 4) is 33.9 Å². The van der Waals surface area contributed by atoms with E-state index in [-0.39, 0.29) is 5.41 Å². The summed E-state index contributed by atoms with van der Waals surface area (Å²) < 4.78 is 4.59. The zero-order valence-corrected chi connectivity index (χ0v) is 29.4. The standard InChI is InChI=1S/C48H36N4/c1-48(2,3)46-38-17-7-10-18-41(38)49-47(50-46)52-43-20-12-9-16-37(43)40-30-34(26-28-45(40)52)32-23-21-31(22-24-32)33-25-27-44-39(29-33)36-15-8-11-19-42(36)51(44)35-13-5-4-6-14-35/h4-30H,1-3H3. The second-order valence-corrected chi connectivity index (χ2v) is 14.7. The molecular formula is C48H36N4. The Hall–Kier alpha value is -6.52. The SMILES string of the molecule is CC(C)(C)c1nc(-n2c3ccccc3c3cc(-c4ccc(-c5ccc6c(c5)c5ccccc5n6-c5ccccc5)cc4)ccc32)nc2ccccc12. The highest BCUT2D eigenvalue weighted by molar-refractivity contribution is 6.11. The van der Waals surface area contributed by atoms with Gasteiger partial charge in [0.05, 0.1) is 33.3 Å². The summed E-state index contributed by atoms with van der Waals surface area (Å²) in [6.07, 6.45) is 0. The first kappa shape index (κ1) is 30.3. The molecule has 248 valence electrons. The normalized spacial score (nSPS) is 12.1. The van der Waals surface area contributed by atoms with Gasteiger partial charge in [0.1, 0.15) is 0 Å². The Kier molecular flexibility index (Phi) is 6.71. The van der Waals surface area contributed by atoms with Gasteiger partial charge in [-0.05, 0) is 76.9 Å². The van der Waals surface area contributed by atoms with Crippen LogP contribution < -0.4 is 0 Å². The van der Waals surface area contributed by atoms with Crippen molar-refractivity contribution in [3.63, 3.8) is 0 Å². The van der Waals surface area contributed by atoms with Gasteiger partial charge < -0.3 is 4.57 Å². The molecule has 0 fully saturated rings. The van der Waals surface area contributed by atoms with Crippen molar-refractivity contribution in [2.45, 2.75) is 26.2 Å². The second-order valence-electron chi connectivity index (χ2n) is 14.7. The van der Waals surface area contributed by atoms with Crippen LogP contribution in [0.25, 0.3) is 88.4 Å².